The summed E-state index contributed by atoms with van der Waals surface area (Å²) in [6, 6.07) is 7.73. The summed E-state index contributed by atoms with van der Waals surface area (Å²) in [4.78, 5) is 0. The molecule has 0 spiro atoms. The molecule has 0 amide bonds. The van der Waals surface area contributed by atoms with E-state index >= 15 is 0 Å². The Morgan fingerprint density at radius 2 is 2.12 bits per heavy atom. The predicted octanol–water partition coefficient (Wildman–Crippen LogP) is 2.62. The number of aliphatic hydroxyl groups excluding tert-OH is 1. The summed E-state index contributed by atoms with van der Waals surface area (Å²) < 4.78 is 8.48. The Hall–Kier alpha value is -1.08. The second-order valence-electron chi connectivity index (χ2n) is 3.68. The van der Waals surface area contributed by atoms with E-state index in [1.54, 1.807) is 11.7 Å². The van der Waals surface area contributed by atoms with Crippen LogP contribution in [0.15, 0.2) is 24.3 Å². The lowest BCUT2D eigenvalue weighted by molar-refractivity contribution is 0.274. The number of ether oxygens (including phenoxy) is 1. The van der Waals surface area contributed by atoms with E-state index < -0.39 is 0 Å². The van der Waals surface area contributed by atoms with E-state index in [0.717, 1.165) is 20.6 Å². The number of para-hydroxylation sites is 1. The van der Waals surface area contributed by atoms with Gasteiger partial charge in [0, 0.05) is 7.05 Å². The third kappa shape index (κ3) is 2.44. The van der Waals surface area contributed by atoms with Gasteiger partial charge in [-0.25, -0.2) is 4.68 Å². The molecule has 1 aromatic heterocycles. The molecule has 0 bridgehead atoms. The SMILES string of the molecule is Cc1nn(C)c(Oc2ccccc2I)c1CO. The van der Waals surface area contributed by atoms with Crippen LogP contribution in [0.1, 0.15) is 11.3 Å². The minimum Gasteiger partial charge on any atom is -0.438 e. The lowest BCUT2D eigenvalue weighted by Crippen LogP contribution is -1.98. The first-order valence-electron chi connectivity index (χ1n) is 5.19. The van der Waals surface area contributed by atoms with Gasteiger partial charge in [-0.3, -0.25) is 0 Å². The van der Waals surface area contributed by atoms with Gasteiger partial charge in [-0.1, -0.05) is 12.1 Å². The van der Waals surface area contributed by atoms with Crippen molar-refractivity contribution < 1.29 is 9.84 Å². The molecule has 4 nitrogen and oxygen atoms in total. The summed E-state index contributed by atoms with van der Waals surface area (Å²) >= 11 is 2.21. The number of aliphatic hydroxyl groups is 1. The van der Waals surface area contributed by atoms with Crippen LogP contribution in [0.2, 0.25) is 0 Å². The van der Waals surface area contributed by atoms with Gasteiger partial charge in [0.25, 0.3) is 0 Å². The molecule has 1 N–H and O–H groups in total. The minimum absolute atomic E-state index is 0.0710. The molecule has 2 rings (SSSR count). The second-order valence-corrected chi connectivity index (χ2v) is 4.85. The van der Waals surface area contributed by atoms with Crippen LogP contribution in [0.25, 0.3) is 0 Å². The molecule has 90 valence electrons. The smallest absolute Gasteiger partial charge is 0.223 e. The van der Waals surface area contributed by atoms with E-state index in [-0.39, 0.29) is 6.61 Å². The van der Waals surface area contributed by atoms with Gasteiger partial charge in [0.2, 0.25) is 5.88 Å². The zero-order valence-electron chi connectivity index (χ0n) is 9.64. The number of halogens is 1. The highest BCUT2D eigenvalue weighted by molar-refractivity contribution is 14.1. The van der Waals surface area contributed by atoms with Crippen LogP contribution in [0.5, 0.6) is 11.6 Å². The Balaban J connectivity index is 2.40. The lowest BCUT2D eigenvalue weighted by atomic mass is 10.2. The van der Waals surface area contributed by atoms with Crippen LogP contribution >= 0.6 is 22.6 Å². The van der Waals surface area contributed by atoms with Crippen LogP contribution in [-0.4, -0.2) is 14.9 Å². The first-order chi connectivity index (χ1) is 8.13. The van der Waals surface area contributed by atoms with Gasteiger partial charge < -0.3 is 9.84 Å². The van der Waals surface area contributed by atoms with Crippen molar-refractivity contribution in [3.8, 4) is 11.6 Å². The van der Waals surface area contributed by atoms with Gasteiger partial charge in [-0.15, -0.1) is 0 Å². The molecule has 0 saturated carbocycles. The monoisotopic (exact) mass is 344 g/mol. The molecular formula is C12H13IN2O2. The zero-order chi connectivity index (χ0) is 12.4. The highest BCUT2D eigenvalue weighted by Crippen LogP contribution is 2.29. The molecule has 0 aliphatic rings. The van der Waals surface area contributed by atoms with Crippen molar-refractivity contribution >= 4 is 22.6 Å². The molecule has 0 atom stereocenters. The van der Waals surface area contributed by atoms with Crippen molar-refractivity contribution in [1.82, 2.24) is 9.78 Å². The first kappa shape index (κ1) is 12.4. The summed E-state index contributed by atoms with van der Waals surface area (Å²) in [5.41, 5.74) is 1.52. The van der Waals surface area contributed by atoms with Gasteiger partial charge in [-0.05, 0) is 41.6 Å². The number of aromatic nitrogens is 2. The lowest BCUT2D eigenvalue weighted by Gasteiger charge is -2.09. The largest absolute Gasteiger partial charge is 0.438 e. The maximum absolute atomic E-state index is 9.32. The van der Waals surface area contributed by atoms with Crippen LogP contribution in [0, 0.1) is 10.5 Å². The average molecular weight is 344 g/mol. The number of rotatable bonds is 3. The highest BCUT2D eigenvalue weighted by Gasteiger charge is 2.15. The molecule has 1 heterocycles. The van der Waals surface area contributed by atoms with Crippen molar-refractivity contribution in [2.75, 3.05) is 0 Å². The van der Waals surface area contributed by atoms with E-state index in [0.29, 0.717) is 5.88 Å². The number of aryl methyl sites for hydroxylation is 2. The average Bonchev–Trinajstić information content (AvgIpc) is 2.56. The van der Waals surface area contributed by atoms with Gasteiger partial charge in [0.15, 0.2) is 0 Å². The van der Waals surface area contributed by atoms with Crippen molar-refractivity contribution in [3.05, 3.63) is 39.1 Å². The summed E-state index contributed by atoms with van der Waals surface area (Å²) in [5, 5.41) is 13.6. The van der Waals surface area contributed by atoms with E-state index in [2.05, 4.69) is 27.7 Å². The quantitative estimate of drug-likeness (QED) is 0.871. The normalized spacial score (nSPS) is 10.6. The third-order valence-corrected chi connectivity index (χ3v) is 3.38. The van der Waals surface area contributed by atoms with Crippen molar-refractivity contribution in [1.29, 1.82) is 0 Å². The summed E-state index contributed by atoms with van der Waals surface area (Å²) in [7, 11) is 1.80. The summed E-state index contributed by atoms with van der Waals surface area (Å²) in [6.45, 7) is 1.78. The van der Waals surface area contributed by atoms with Crippen molar-refractivity contribution in [2.24, 2.45) is 7.05 Å². The van der Waals surface area contributed by atoms with Gasteiger partial charge >= 0.3 is 0 Å². The third-order valence-electron chi connectivity index (χ3n) is 2.49. The molecule has 0 radical (unpaired) electrons. The number of nitrogens with zero attached hydrogens (tertiary/aromatic N) is 2. The predicted molar refractivity (Wildman–Crippen MR) is 73.1 cm³/mol. The van der Waals surface area contributed by atoms with Crippen molar-refractivity contribution in [3.63, 3.8) is 0 Å². The van der Waals surface area contributed by atoms with Gasteiger partial charge in [-0.2, -0.15) is 5.10 Å². The molecule has 1 aromatic carbocycles. The maximum atomic E-state index is 9.32. The molecule has 0 unspecified atom stereocenters. The molecule has 0 aliphatic heterocycles. The Kier molecular flexibility index (Phi) is 3.68. The van der Waals surface area contributed by atoms with Crippen LogP contribution in [0.4, 0.5) is 0 Å². The first-order valence-corrected chi connectivity index (χ1v) is 6.27. The minimum atomic E-state index is -0.0710. The zero-order valence-corrected chi connectivity index (χ0v) is 11.8. The fraction of sp³-hybridized carbons (Fsp3) is 0.250. The summed E-state index contributed by atoms with van der Waals surface area (Å²) in [5.74, 6) is 1.36. The molecule has 2 aromatic rings. The Labute approximate surface area is 113 Å². The molecular weight excluding hydrogens is 331 g/mol. The van der Waals surface area contributed by atoms with Gasteiger partial charge in [0.05, 0.1) is 21.4 Å². The second kappa shape index (κ2) is 5.05. The van der Waals surface area contributed by atoms with Crippen LogP contribution < -0.4 is 4.74 Å². The van der Waals surface area contributed by atoms with Crippen LogP contribution in [-0.2, 0) is 13.7 Å². The molecule has 0 saturated heterocycles. The summed E-state index contributed by atoms with van der Waals surface area (Å²) in [6.07, 6.45) is 0. The maximum Gasteiger partial charge on any atom is 0.223 e. The molecule has 17 heavy (non-hydrogen) atoms. The topological polar surface area (TPSA) is 47.3 Å². The number of hydrogen-bond acceptors (Lipinski definition) is 3. The van der Waals surface area contributed by atoms with Crippen molar-refractivity contribution in [2.45, 2.75) is 13.5 Å². The fourth-order valence-corrected chi connectivity index (χ4v) is 2.12. The molecule has 5 heteroatoms. The molecule has 0 aliphatic carbocycles. The van der Waals surface area contributed by atoms with E-state index in [9.17, 15) is 5.11 Å². The Bertz CT molecular complexity index is 537. The van der Waals surface area contributed by atoms with E-state index in [1.165, 1.54) is 0 Å². The highest BCUT2D eigenvalue weighted by atomic mass is 127. The number of hydrogen-bond donors (Lipinski definition) is 1. The number of benzene rings is 1. The standard InChI is InChI=1S/C12H13IN2O2/c1-8-9(7-16)12(15(2)14-8)17-11-6-4-3-5-10(11)13/h3-6,16H,7H2,1-2H3. The Morgan fingerprint density at radius 3 is 2.76 bits per heavy atom. The van der Waals surface area contributed by atoms with E-state index in [1.807, 2.05) is 31.2 Å². The Morgan fingerprint density at radius 1 is 1.41 bits per heavy atom. The fourth-order valence-electron chi connectivity index (χ4n) is 1.62. The van der Waals surface area contributed by atoms with Gasteiger partial charge in [0.1, 0.15) is 5.75 Å². The van der Waals surface area contributed by atoms with Crippen LogP contribution in [0.3, 0.4) is 0 Å². The molecule has 0 fully saturated rings. The van der Waals surface area contributed by atoms with E-state index in [4.69, 9.17) is 4.74 Å².